The van der Waals surface area contributed by atoms with Crippen molar-refractivity contribution in [2.24, 2.45) is 0 Å². The maximum Gasteiger partial charge on any atom is 0.165 e. The molecule has 0 atom stereocenters. The highest BCUT2D eigenvalue weighted by molar-refractivity contribution is 6.08. The third-order valence-electron chi connectivity index (χ3n) is 4.10. The van der Waals surface area contributed by atoms with Gasteiger partial charge in [0.05, 0.1) is 12.8 Å². The smallest absolute Gasteiger partial charge is 0.165 e. The van der Waals surface area contributed by atoms with Gasteiger partial charge in [-0.05, 0) is 29.8 Å². The number of ether oxygens (including phenoxy) is 1. The average Bonchev–Trinajstić information content (AvgIpc) is 2.99. The topological polar surface area (TPSA) is 34.4 Å². The van der Waals surface area contributed by atoms with Gasteiger partial charge in [-0.2, -0.15) is 0 Å². The minimum Gasteiger partial charge on any atom is -0.494 e. The molecule has 0 aliphatic rings. The molecule has 0 aliphatic carbocycles. The number of rotatable bonds is 4. The summed E-state index contributed by atoms with van der Waals surface area (Å²) in [4.78, 5) is 0. The van der Waals surface area contributed by atoms with E-state index < -0.39 is 0 Å². The number of methoxy groups -OCH3 is 1. The Hall–Kier alpha value is -3.01. The number of halogens is 1. The van der Waals surface area contributed by atoms with Crippen LogP contribution in [0, 0.1) is 5.82 Å². The molecule has 0 spiro atoms. The van der Waals surface area contributed by atoms with Crippen molar-refractivity contribution in [3.05, 3.63) is 72.0 Å². The zero-order valence-corrected chi connectivity index (χ0v) is 13.2. The second kappa shape index (κ2) is 5.89. The fraction of sp³-hybridized carbons (Fsp3) is 0.100. The van der Waals surface area contributed by atoms with E-state index >= 15 is 0 Å². The van der Waals surface area contributed by atoms with Gasteiger partial charge in [0.15, 0.2) is 17.1 Å². The third kappa shape index (κ3) is 2.46. The molecule has 4 heteroatoms. The monoisotopic (exact) mass is 321 g/mol. The first-order chi connectivity index (χ1) is 11.8. The van der Waals surface area contributed by atoms with Crippen molar-refractivity contribution in [2.75, 3.05) is 12.4 Å². The van der Waals surface area contributed by atoms with Gasteiger partial charge in [0.2, 0.25) is 0 Å². The van der Waals surface area contributed by atoms with Crippen LogP contribution in [0.4, 0.5) is 10.1 Å². The Bertz CT molecular complexity index is 1020. The molecule has 0 fully saturated rings. The SMILES string of the molecule is COc1ccc(CNc2cccc3c2oc2ccccc23)cc1F. The van der Waals surface area contributed by atoms with Crippen molar-refractivity contribution in [1.29, 1.82) is 0 Å². The van der Waals surface area contributed by atoms with Crippen LogP contribution in [0.2, 0.25) is 0 Å². The van der Waals surface area contributed by atoms with Crippen LogP contribution in [0.15, 0.2) is 65.1 Å². The molecule has 0 bridgehead atoms. The van der Waals surface area contributed by atoms with E-state index in [4.69, 9.17) is 9.15 Å². The Labute approximate surface area is 138 Å². The average molecular weight is 321 g/mol. The van der Waals surface area contributed by atoms with Gasteiger partial charge in [0.25, 0.3) is 0 Å². The third-order valence-corrected chi connectivity index (χ3v) is 4.10. The highest BCUT2D eigenvalue weighted by Crippen LogP contribution is 2.33. The molecule has 0 amide bonds. The standard InChI is InChI=1S/C20H16FNO2/c1-23-19-10-9-13(11-16(19)21)12-22-17-7-4-6-15-14-5-2-3-8-18(14)24-20(15)17/h2-11,22H,12H2,1H3. The van der Waals surface area contributed by atoms with Crippen LogP contribution >= 0.6 is 0 Å². The van der Waals surface area contributed by atoms with Gasteiger partial charge in [-0.25, -0.2) is 4.39 Å². The van der Waals surface area contributed by atoms with Crippen molar-refractivity contribution in [3.63, 3.8) is 0 Å². The van der Waals surface area contributed by atoms with Crippen molar-refractivity contribution < 1.29 is 13.5 Å². The van der Waals surface area contributed by atoms with Crippen LogP contribution in [0.5, 0.6) is 5.75 Å². The van der Waals surface area contributed by atoms with Gasteiger partial charge in [0, 0.05) is 17.3 Å². The normalized spacial score (nSPS) is 11.1. The fourth-order valence-corrected chi connectivity index (χ4v) is 2.90. The summed E-state index contributed by atoms with van der Waals surface area (Å²) in [5, 5.41) is 5.48. The number of para-hydroxylation sites is 2. The van der Waals surface area contributed by atoms with Crippen LogP contribution in [-0.4, -0.2) is 7.11 Å². The fourth-order valence-electron chi connectivity index (χ4n) is 2.90. The summed E-state index contributed by atoms with van der Waals surface area (Å²) in [5.41, 5.74) is 3.39. The van der Waals surface area contributed by atoms with Crippen molar-refractivity contribution in [2.45, 2.75) is 6.54 Å². The number of anilines is 1. The minimum atomic E-state index is -0.362. The van der Waals surface area contributed by atoms with Crippen LogP contribution in [0.3, 0.4) is 0 Å². The van der Waals surface area contributed by atoms with Gasteiger partial charge in [-0.3, -0.25) is 0 Å². The Kier molecular flexibility index (Phi) is 3.58. The summed E-state index contributed by atoms with van der Waals surface area (Å²) in [6.07, 6.45) is 0. The highest BCUT2D eigenvalue weighted by atomic mass is 19.1. The molecule has 0 radical (unpaired) electrons. The number of fused-ring (bicyclic) bond motifs is 3. The van der Waals surface area contributed by atoms with Crippen LogP contribution in [0.1, 0.15) is 5.56 Å². The van der Waals surface area contributed by atoms with Gasteiger partial charge in [0.1, 0.15) is 5.58 Å². The molecule has 1 heterocycles. The van der Waals surface area contributed by atoms with E-state index in [2.05, 4.69) is 5.32 Å². The predicted octanol–water partition coefficient (Wildman–Crippen LogP) is 5.35. The molecule has 4 rings (SSSR count). The maximum atomic E-state index is 13.8. The van der Waals surface area contributed by atoms with Gasteiger partial charge in [-0.1, -0.05) is 36.4 Å². The van der Waals surface area contributed by atoms with Crippen LogP contribution < -0.4 is 10.1 Å². The van der Waals surface area contributed by atoms with Gasteiger partial charge in [-0.15, -0.1) is 0 Å². The first-order valence-electron chi connectivity index (χ1n) is 7.73. The van der Waals surface area contributed by atoms with E-state index in [0.717, 1.165) is 33.2 Å². The summed E-state index contributed by atoms with van der Waals surface area (Å²) in [6, 6.07) is 18.9. The largest absolute Gasteiger partial charge is 0.494 e. The molecule has 1 N–H and O–H groups in total. The molecule has 3 nitrogen and oxygen atoms in total. The molecule has 0 aliphatic heterocycles. The molecule has 3 aromatic carbocycles. The maximum absolute atomic E-state index is 13.8. The zero-order chi connectivity index (χ0) is 16.5. The highest BCUT2D eigenvalue weighted by Gasteiger charge is 2.10. The van der Waals surface area contributed by atoms with E-state index in [0.29, 0.717) is 6.54 Å². The van der Waals surface area contributed by atoms with Crippen molar-refractivity contribution in [3.8, 4) is 5.75 Å². The lowest BCUT2D eigenvalue weighted by molar-refractivity contribution is 0.386. The second-order valence-electron chi connectivity index (χ2n) is 5.60. The lowest BCUT2D eigenvalue weighted by atomic mass is 10.1. The van der Waals surface area contributed by atoms with Crippen molar-refractivity contribution >= 4 is 27.6 Å². The molecule has 4 aromatic rings. The molecule has 120 valence electrons. The molecular formula is C20H16FNO2. The van der Waals surface area contributed by atoms with E-state index in [1.54, 1.807) is 6.07 Å². The molecule has 24 heavy (non-hydrogen) atoms. The predicted molar refractivity (Wildman–Crippen MR) is 94.0 cm³/mol. The van der Waals surface area contributed by atoms with Gasteiger partial charge >= 0.3 is 0 Å². The lowest BCUT2D eigenvalue weighted by Crippen LogP contribution is -2.00. The summed E-state index contributed by atoms with van der Waals surface area (Å²) < 4.78 is 24.7. The Morgan fingerprint density at radius 1 is 1.00 bits per heavy atom. The number of hydrogen-bond donors (Lipinski definition) is 1. The Balaban J connectivity index is 1.66. The lowest BCUT2D eigenvalue weighted by Gasteiger charge is -2.08. The van der Waals surface area contributed by atoms with Gasteiger partial charge < -0.3 is 14.5 Å². The quantitative estimate of drug-likeness (QED) is 0.550. The van der Waals surface area contributed by atoms with Crippen LogP contribution in [0.25, 0.3) is 21.9 Å². The first kappa shape index (κ1) is 14.6. The minimum absolute atomic E-state index is 0.248. The van der Waals surface area contributed by atoms with E-state index in [1.165, 1.54) is 13.2 Å². The zero-order valence-electron chi connectivity index (χ0n) is 13.2. The Morgan fingerprint density at radius 2 is 1.83 bits per heavy atom. The molecule has 0 unspecified atom stereocenters. The summed E-state index contributed by atoms with van der Waals surface area (Å²) in [7, 11) is 1.46. The number of hydrogen-bond acceptors (Lipinski definition) is 3. The number of benzene rings is 3. The van der Waals surface area contributed by atoms with E-state index in [9.17, 15) is 4.39 Å². The molecule has 1 aromatic heterocycles. The van der Waals surface area contributed by atoms with E-state index in [1.807, 2.05) is 48.5 Å². The Morgan fingerprint density at radius 3 is 2.67 bits per heavy atom. The summed E-state index contributed by atoms with van der Waals surface area (Å²) >= 11 is 0. The second-order valence-corrected chi connectivity index (χ2v) is 5.60. The number of furan rings is 1. The van der Waals surface area contributed by atoms with Crippen molar-refractivity contribution in [1.82, 2.24) is 0 Å². The summed E-state index contributed by atoms with van der Waals surface area (Å²) in [5.74, 6) is -0.114. The first-order valence-corrected chi connectivity index (χ1v) is 7.73. The van der Waals surface area contributed by atoms with E-state index in [-0.39, 0.29) is 11.6 Å². The van der Waals surface area contributed by atoms with Crippen LogP contribution in [-0.2, 0) is 6.54 Å². The number of nitrogens with one attached hydrogen (secondary N) is 1. The molecule has 0 saturated heterocycles. The summed E-state index contributed by atoms with van der Waals surface area (Å²) in [6.45, 7) is 0.497. The molecule has 0 saturated carbocycles. The molecular weight excluding hydrogens is 305 g/mol.